The number of carbonyl (C=O) groups is 1. The Bertz CT molecular complexity index is 747. The summed E-state index contributed by atoms with van der Waals surface area (Å²) < 4.78 is 5.25. The maximum atomic E-state index is 12.5. The predicted molar refractivity (Wildman–Crippen MR) is 102 cm³/mol. The molecule has 26 heavy (non-hydrogen) atoms. The van der Waals surface area contributed by atoms with E-state index in [-0.39, 0.29) is 18.7 Å². The van der Waals surface area contributed by atoms with Gasteiger partial charge in [0.2, 0.25) is 0 Å². The first kappa shape index (κ1) is 18.1. The second kappa shape index (κ2) is 8.60. The molecule has 0 saturated carbocycles. The van der Waals surface area contributed by atoms with Gasteiger partial charge in [-0.2, -0.15) is 0 Å². The van der Waals surface area contributed by atoms with Crippen molar-refractivity contribution in [2.45, 2.75) is 19.1 Å². The Kier molecular flexibility index (Phi) is 5.99. The monoisotopic (exact) mass is 353 g/mol. The summed E-state index contributed by atoms with van der Waals surface area (Å²) in [5.41, 5.74) is 2.61. The molecular formula is C20H23N3O3. The first-order valence-corrected chi connectivity index (χ1v) is 8.70. The quantitative estimate of drug-likeness (QED) is 0.867. The Hall–Kier alpha value is -2.70. The molecule has 0 aliphatic carbocycles. The molecule has 6 nitrogen and oxygen atoms in total. The van der Waals surface area contributed by atoms with Gasteiger partial charge in [-0.25, -0.2) is 4.79 Å². The highest BCUT2D eigenvalue weighted by molar-refractivity contribution is 5.89. The number of nitrogens with zero attached hydrogens (tertiary/aromatic N) is 2. The Labute approximate surface area is 153 Å². The lowest BCUT2D eigenvalue weighted by Gasteiger charge is -2.28. The van der Waals surface area contributed by atoms with Crippen molar-refractivity contribution in [1.29, 1.82) is 0 Å². The topological polar surface area (TPSA) is 74.7 Å². The number of hydrogen-bond acceptors (Lipinski definition) is 4. The van der Waals surface area contributed by atoms with E-state index in [1.54, 1.807) is 11.1 Å². The van der Waals surface area contributed by atoms with Crippen molar-refractivity contribution >= 4 is 23.9 Å². The van der Waals surface area contributed by atoms with Crippen LogP contribution in [0.15, 0.2) is 48.7 Å². The van der Waals surface area contributed by atoms with Gasteiger partial charge >= 0.3 is 6.03 Å². The number of pyridine rings is 1. The number of aromatic nitrogens is 1. The number of aliphatic hydroxyl groups excluding tert-OH is 1. The Balaban J connectivity index is 1.61. The standard InChI is InChI=1S/C20H23N3O3/c1-2-23(18-13-26-14-19(18)24)20(25)22-17-10-7-15(8-11-17)6-9-16-5-3-4-12-21-16/h3-12,18-19,24H,2,13-14H2,1H3,(H,22,25)/b9-6+/t18-,19-/m1/s1. The Morgan fingerprint density at radius 3 is 2.69 bits per heavy atom. The second-order valence-electron chi connectivity index (χ2n) is 6.10. The smallest absolute Gasteiger partial charge is 0.322 e. The lowest BCUT2D eigenvalue weighted by Crippen LogP contribution is -2.48. The summed E-state index contributed by atoms with van der Waals surface area (Å²) in [6, 6.07) is 12.8. The van der Waals surface area contributed by atoms with Crippen molar-refractivity contribution in [2.24, 2.45) is 0 Å². The van der Waals surface area contributed by atoms with Gasteiger partial charge < -0.3 is 20.1 Å². The Morgan fingerprint density at radius 1 is 1.27 bits per heavy atom. The van der Waals surface area contributed by atoms with Gasteiger partial charge in [-0.1, -0.05) is 24.3 Å². The second-order valence-corrected chi connectivity index (χ2v) is 6.10. The van der Waals surface area contributed by atoms with Gasteiger partial charge in [0, 0.05) is 18.4 Å². The van der Waals surface area contributed by atoms with Gasteiger partial charge in [-0.05, 0) is 42.8 Å². The summed E-state index contributed by atoms with van der Waals surface area (Å²) in [6.07, 6.45) is 5.02. The fourth-order valence-corrected chi connectivity index (χ4v) is 2.89. The number of benzene rings is 1. The fraction of sp³-hybridized carbons (Fsp3) is 0.300. The number of likely N-dealkylation sites (N-methyl/N-ethyl adjacent to an activating group) is 1. The summed E-state index contributed by atoms with van der Waals surface area (Å²) in [5.74, 6) is 0. The first-order valence-electron chi connectivity index (χ1n) is 8.70. The highest BCUT2D eigenvalue weighted by Gasteiger charge is 2.33. The fourth-order valence-electron chi connectivity index (χ4n) is 2.89. The van der Waals surface area contributed by atoms with E-state index in [4.69, 9.17) is 4.74 Å². The summed E-state index contributed by atoms with van der Waals surface area (Å²) >= 11 is 0. The maximum Gasteiger partial charge on any atom is 0.322 e. The number of carbonyl (C=O) groups excluding carboxylic acids is 1. The van der Waals surface area contributed by atoms with Gasteiger partial charge in [-0.3, -0.25) is 4.98 Å². The SMILES string of the molecule is CCN(C(=O)Nc1ccc(/C=C/c2ccccn2)cc1)[C@@H]1COC[C@H]1O. The highest BCUT2D eigenvalue weighted by atomic mass is 16.5. The van der Waals surface area contributed by atoms with Gasteiger partial charge in [0.15, 0.2) is 0 Å². The number of hydrogen-bond donors (Lipinski definition) is 2. The van der Waals surface area contributed by atoms with Crippen molar-refractivity contribution in [3.8, 4) is 0 Å². The number of nitrogens with one attached hydrogen (secondary N) is 1. The van der Waals surface area contributed by atoms with E-state index in [0.717, 1.165) is 11.3 Å². The molecule has 1 aromatic heterocycles. The van der Waals surface area contributed by atoms with Crippen LogP contribution in [0.25, 0.3) is 12.2 Å². The van der Waals surface area contributed by atoms with E-state index in [9.17, 15) is 9.90 Å². The first-order chi connectivity index (χ1) is 12.7. The number of amides is 2. The molecular weight excluding hydrogens is 330 g/mol. The molecule has 1 aliphatic heterocycles. The Morgan fingerprint density at radius 2 is 2.08 bits per heavy atom. The number of urea groups is 1. The van der Waals surface area contributed by atoms with Crippen LogP contribution in [-0.2, 0) is 4.74 Å². The van der Waals surface area contributed by atoms with E-state index < -0.39 is 6.10 Å². The van der Waals surface area contributed by atoms with E-state index in [0.29, 0.717) is 18.8 Å². The van der Waals surface area contributed by atoms with Crippen LogP contribution in [0.2, 0.25) is 0 Å². The van der Waals surface area contributed by atoms with Crippen LogP contribution in [0.4, 0.5) is 10.5 Å². The third-order valence-electron chi connectivity index (χ3n) is 4.32. The average molecular weight is 353 g/mol. The molecule has 0 radical (unpaired) electrons. The van der Waals surface area contributed by atoms with E-state index >= 15 is 0 Å². The van der Waals surface area contributed by atoms with Crippen molar-refractivity contribution in [3.05, 3.63) is 59.9 Å². The average Bonchev–Trinajstić information content (AvgIpc) is 3.08. The summed E-state index contributed by atoms with van der Waals surface area (Å²) in [7, 11) is 0. The summed E-state index contributed by atoms with van der Waals surface area (Å²) in [4.78, 5) is 18.3. The summed E-state index contributed by atoms with van der Waals surface area (Å²) in [6.45, 7) is 3.02. The molecule has 1 fully saturated rings. The molecule has 1 aromatic carbocycles. The van der Waals surface area contributed by atoms with Crippen molar-refractivity contribution in [3.63, 3.8) is 0 Å². The van der Waals surface area contributed by atoms with Crippen molar-refractivity contribution in [1.82, 2.24) is 9.88 Å². The molecule has 2 aromatic rings. The molecule has 2 N–H and O–H groups in total. The van der Waals surface area contributed by atoms with E-state index in [2.05, 4.69) is 10.3 Å². The van der Waals surface area contributed by atoms with Gasteiger partial charge in [0.05, 0.1) is 31.1 Å². The molecule has 2 atom stereocenters. The molecule has 0 bridgehead atoms. The van der Waals surface area contributed by atoms with E-state index in [1.165, 1.54) is 0 Å². The van der Waals surface area contributed by atoms with Gasteiger partial charge in [0.25, 0.3) is 0 Å². The molecule has 1 saturated heterocycles. The van der Waals surface area contributed by atoms with Crippen LogP contribution >= 0.6 is 0 Å². The molecule has 2 heterocycles. The zero-order valence-corrected chi connectivity index (χ0v) is 14.7. The number of aliphatic hydroxyl groups is 1. The van der Waals surface area contributed by atoms with Crippen LogP contribution < -0.4 is 5.32 Å². The third-order valence-corrected chi connectivity index (χ3v) is 4.32. The molecule has 3 rings (SSSR count). The van der Waals surface area contributed by atoms with Crippen LogP contribution in [0, 0.1) is 0 Å². The highest BCUT2D eigenvalue weighted by Crippen LogP contribution is 2.17. The maximum absolute atomic E-state index is 12.5. The van der Waals surface area contributed by atoms with Gasteiger partial charge in [0.1, 0.15) is 0 Å². The minimum absolute atomic E-state index is 0.237. The van der Waals surface area contributed by atoms with Crippen LogP contribution in [0.1, 0.15) is 18.2 Å². The van der Waals surface area contributed by atoms with Crippen LogP contribution in [0.3, 0.4) is 0 Å². The molecule has 2 amide bonds. The van der Waals surface area contributed by atoms with Crippen LogP contribution in [-0.4, -0.2) is 52.9 Å². The van der Waals surface area contributed by atoms with Crippen LogP contribution in [0.5, 0.6) is 0 Å². The number of anilines is 1. The lowest BCUT2D eigenvalue weighted by atomic mass is 10.1. The summed E-state index contributed by atoms with van der Waals surface area (Å²) in [5, 5.41) is 12.8. The minimum atomic E-state index is -0.639. The minimum Gasteiger partial charge on any atom is -0.388 e. The van der Waals surface area contributed by atoms with Crippen molar-refractivity contribution < 1.29 is 14.6 Å². The zero-order chi connectivity index (χ0) is 18.4. The number of rotatable bonds is 5. The van der Waals surface area contributed by atoms with Gasteiger partial charge in [-0.15, -0.1) is 0 Å². The molecule has 136 valence electrons. The zero-order valence-electron chi connectivity index (χ0n) is 14.7. The number of ether oxygens (including phenoxy) is 1. The molecule has 0 spiro atoms. The van der Waals surface area contributed by atoms with Crippen molar-refractivity contribution in [2.75, 3.05) is 25.1 Å². The third kappa shape index (κ3) is 4.47. The molecule has 0 unspecified atom stereocenters. The lowest BCUT2D eigenvalue weighted by molar-refractivity contribution is 0.1000. The molecule has 1 aliphatic rings. The normalized spacial score (nSPS) is 19.6. The molecule has 6 heteroatoms. The largest absolute Gasteiger partial charge is 0.388 e. The predicted octanol–water partition coefficient (Wildman–Crippen LogP) is 2.87. The van der Waals surface area contributed by atoms with E-state index in [1.807, 2.05) is 61.5 Å².